The van der Waals surface area contributed by atoms with Crippen LogP contribution in [-0.4, -0.2) is 34.6 Å². The van der Waals surface area contributed by atoms with Gasteiger partial charge in [0.2, 0.25) is 0 Å². The number of halogens is 2. The summed E-state index contributed by atoms with van der Waals surface area (Å²) in [5, 5.41) is 4.90. The van der Waals surface area contributed by atoms with Gasteiger partial charge < -0.3 is 26.5 Å². The third kappa shape index (κ3) is 13.2. The second-order valence-corrected chi connectivity index (χ2v) is 16.0. The normalized spacial score (nSPS) is 11.4. The maximum atomic E-state index is 12.3. The number of hydrogen-bond donors (Lipinski definition) is 0. The van der Waals surface area contributed by atoms with Crippen molar-refractivity contribution in [2.24, 2.45) is 0 Å². The molecular formula is C34H45Br2O4P. The van der Waals surface area contributed by atoms with Crippen molar-refractivity contribution < 1.29 is 36.0 Å². The fourth-order valence-corrected chi connectivity index (χ4v) is 8.96. The van der Waals surface area contributed by atoms with Crippen LogP contribution in [0.5, 0.6) is 0 Å². The zero-order valence-electron chi connectivity index (χ0n) is 25.2. The van der Waals surface area contributed by atoms with E-state index in [1.54, 1.807) is 0 Å². The highest BCUT2D eigenvalue weighted by Gasteiger charge is 2.44. The van der Waals surface area contributed by atoms with Crippen molar-refractivity contribution in [3.63, 3.8) is 0 Å². The van der Waals surface area contributed by atoms with Crippen LogP contribution in [0.2, 0.25) is 0 Å². The quantitative estimate of drug-likeness (QED) is 0.176. The van der Waals surface area contributed by atoms with Gasteiger partial charge in [0.15, 0.2) is 0 Å². The third-order valence-electron chi connectivity index (χ3n) is 5.82. The Balaban J connectivity index is 0.000000598. The lowest BCUT2D eigenvalue weighted by molar-refractivity contribution is -0.155. The van der Waals surface area contributed by atoms with Crippen molar-refractivity contribution in [2.45, 2.75) is 78.4 Å². The summed E-state index contributed by atoms with van der Waals surface area (Å²) >= 11 is 3.25. The summed E-state index contributed by atoms with van der Waals surface area (Å²) in [6.07, 6.45) is 3.51. The van der Waals surface area contributed by atoms with Crippen molar-refractivity contribution >= 4 is 51.0 Å². The van der Waals surface area contributed by atoms with Crippen LogP contribution in [0.4, 0.5) is 0 Å². The van der Waals surface area contributed by atoms with E-state index < -0.39 is 12.9 Å². The summed E-state index contributed by atoms with van der Waals surface area (Å²) < 4.78 is 10.6. The molecule has 7 heteroatoms. The Hall–Kier alpha value is -2.01. The van der Waals surface area contributed by atoms with Gasteiger partial charge >= 0.3 is 11.9 Å². The summed E-state index contributed by atoms with van der Waals surface area (Å²) in [6.45, 7) is 11.4. The average molecular weight is 709 g/mol. The molecule has 0 fully saturated rings. The van der Waals surface area contributed by atoms with Crippen molar-refractivity contribution in [1.82, 2.24) is 0 Å². The smallest absolute Gasteiger partial charge is 0.306 e. The molecule has 41 heavy (non-hydrogen) atoms. The molecular weight excluding hydrogens is 663 g/mol. The van der Waals surface area contributed by atoms with E-state index in [1.807, 2.05) is 41.5 Å². The summed E-state index contributed by atoms with van der Waals surface area (Å²) in [4.78, 5) is 23.3. The van der Waals surface area contributed by atoms with Crippen LogP contribution in [0.3, 0.4) is 0 Å². The van der Waals surface area contributed by atoms with Crippen LogP contribution in [0, 0.1) is 0 Å². The first kappa shape index (κ1) is 37.0. The third-order valence-corrected chi connectivity index (χ3v) is 10.9. The van der Waals surface area contributed by atoms with Gasteiger partial charge in [-0.3, -0.25) is 9.59 Å². The van der Waals surface area contributed by atoms with E-state index in [1.165, 1.54) is 15.9 Å². The molecule has 0 aromatic heterocycles. The Morgan fingerprint density at radius 2 is 0.927 bits per heavy atom. The van der Waals surface area contributed by atoms with Gasteiger partial charge in [0.1, 0.15) is 34.4 Å². The summed E-state index contributed by atoms with van der Waals surface area (Å²) in [6, 6.07) is 32.3. The van der Waals surface area contributed by atoms with E-state index in [4.69, 9.17) is 9.47 Å². The lowest BCUT2D eigenvalue weighted by Gasteiger charge is -2.28. The van der Waals surface area contributed by atoms with Crippen LogP contribution >= 0.6 is 23.2 Å². The molecule has 0 aliphatic rings. The zero-order chi connectivity index (χ0) is 29.7. The minimum absolute atomic E-state index is 0. The molecule has 3 aromatic carbocycles. The molecule has 0 bridgehead atoms. The number of carbonyl (C=O) groups is 2. The fraction of sp³-hybridized carbons (Fsp3) is 0.412. The maximum absolute atomic E-state index is 12.3. The van der Waals surface area contributed by atoms with Crippen LogP contribution < -0.4 is 32.9 Å². The van der Waals surface area contributed by atoms with E-state index in [-0.39, 0.29) is 34.5 Å². The predicted molar refractivity (Wildman–Crippen MR) is 174 cm³/mol. The lowest BCUT2D eigenvalue weighted by atomic mass is 10.2. The zero-order valence-corrected chi connectivity index (χ0v) is 29.3. The van der Waals surface area contributed by atoms with Crippen LogP contribution in [-0.2, 0) is 19.1 Å². The number of carbonyl (C=O) groups excluding carboxylic acids is 2. The lowest BCUT2D eigenvalue weighted by Crippen LogP contribution is -3.00. The molecule has 0 saturated carbocycles. The van der Waals surface area contributed by atoms with E-state index >= 15 is 0 Å². The SMILES string of the molecule is CC(C)(C)OC(=O)CCCBr.CC(C)(C)OC(=O)CCC[P+](c1ccccc1)(c1ccccc1)c1ccccc1.[Br-]. The molecule has 3 aromatic rings. The number of hydrogen-bond acceptors (Lipinski definition) is 4. The van der Waals surface area contributed by atoms with Crippen molar-refractivity contribution in [2.75, 3.05) is 11.5 Å². The minimum atomic E-state index is -1.87. The molecule has 0 saturated heterocycles. The average Bonchev–Trinajstić information content (AvgIpc) is 2.90. The molecule has 0 amide bonds. The van der Waals surface area contributed by atoms with Crippen LogP contribution in [0.25, 0.3) is 0 Å². The molecule has 0 N–H and O–H groups in total. The molecule has 4 nitrogen and oxygen atoms in total. The second-order valence-electron chi connectivity index (χ2n) is 11.6. The topological polar surface area (TPSA) is 52.6 Å². The van der Waals surface area contributed by atoms with Gasteiger partial charge in [0.25, 0.3) is 0 Å². The highest BCUT2D eigenvalue weighted by molar-refractivity contribution is 9.09. The standard InChI is InChI=1S/C26H30O2P.C8H15BrO2.BrH/c1-26(2,3)28-25(27)20-13-21-29(22-14-7-4-8-15-22,23-16-9-5-10-17-23)24-18-11-6-12-19-24;1-8(2,3)11-7(10)5-4-6-9;/h4-12,14-19H,13,20-21H2,1-3H3;4-6H2,1-3H3;1H/q+1;;/p-1. The predicted octanol–water partition coefficient (Wildman–Crippen LogP) is 4.61. The first-order chi connectivity index (χ1) is 18.9. The Kier molecular flexibility index (Phi) is 16.1. The summed E-state index contributed by atoms with van der Waals surface area (Å²) in [7, 11) is -1.87. The van der Waals surface area contributed by atoms with Gasteiger partial charge in [-0.05, 0) is 90.8 Å². The molecule has 3 rings (SSSR count). The molecule has 0 radical (unpaired) electrons. The number of alkyl halides is 1. The van der Waals surface area contributed by atoms with Gasteiger partial charge in [0, 0.05) is 18.2 Å². The number of esters is 2. The van der Waals surface area contributed by atoms with Gasteiger partial charge in [-0.1, -0.05) is 70.5 Å². The van der Waals surface area contributed by atoms with Crippen molar-refractivity contribution in [1.29, 1.82) is 0 Å². The van der Waals surface area contributed by atoms with E-state index in [0.29, 0.717) is 12.8 Å². The molecule has 0 unspecified atom stereocenters. The minimum Gasteiger partial charge on any atom is -1.00 e. The van der Waals surface area contributed by atoms with Crippen LogP contribution in [0.1, 0.15) is 67.2 Å². The molecule has 0 spiro atoms. The monoisotopic (exact) mass is 706 g/mol. The van der Waals surface area contributed by atoms with Gasteiger partial charge in [-0.25, -0.2) is 0 Å². The second kappa shape index (κ2) is 17.8. The Morgan fingerprint density at radius 3 is 1.22 bits per heavy atom. The number of benzene rings is 3. The molecule has 0 atom stereocenters. The van der Waals surface area contributed by atoms with Crippen LogP contribution in [0.15, 0.2) is 91.0 Å². The summed E-state index contributed by atoms with van der Waals surface area (Å²) in [5.41, 5.74) is -0.787. The molecule has 224 valence electrons. The molecule has 0 aliphatic carbocycles. The van der Waals surface area contributed by atoms with Crippen molar-refractivity contribution in [3.05, 3.63) is 91.0 Å². The Morgan fingerprint density at radius 1 is 0.610 bits per heavy atom. The maximum Gasteiger partial charge on any atom is 0.306 e. The van der Waals surface area contributed by atoms with Gasteiger partial charge in [-0.15, -0.1) is 0 Å². The largest absolute Gasteiger partial charge is 1.00 e. The summed E-state index contributed by atoms with van der Waals surface area (Å²) in [5.74, 6) is -0.235. The number of ether oxygens (including phenoxy) is 2. The van der Waals surface area contributed by atoms with E-state index in [9.17, 15) is 9.59 Å². The first-order valence-corrected chi connectivity index (χ1v) is 17.0. The highest BCUT2D eigenvalue weighted by Crippen LogP contribution is 2.55. The van der Waals surface area contributed by atoms with E-state index in [0.717, 1.165) is 24.3 Å². The highest BCUT2D eigenvalue weighted by atomic mass is 79.9. The Labute approximate surface area is 266 Å². The van der Waals surface area contributed by atoms with Gasteiger partial charge in [-0.2, -0.15) is 0 Å². The number of rotatable bonds is 10. The van der Waals surface area contributed by atoms with Crippen molar-refractivity contribution in [3.8, 4) is 0 Å². The van der Waals surface area contributed by atoms with E-state index in [2.05, 4.69) is 107 Å². The fourth-order valence-electron chi connectivity index (χ4n) is 4.34. The molecule has 0 aliphatic heterocycles. The first-order valence-electron chi connectivity index (χ1n) is 13.9. The Bertz CT molecular complexity index is 1060. The molecule has 0 heterocycles. The van der Waals surface area contributed by atoms with Gasteiger partial charge in [0.05, 0.1) is 6.16 Å².